The molecule has 0 heterocycles. The van der Waals surface area contributed by atoms with Gasteiger partial charge in [0.2, 0.25) is 0 Å². The van der Waals surface area contributed by atoms with E-state index in [1.807, 2.05) is 6.92 Å². The van der Waals surface area contributed by atoms with Gasteiger partial charge in [0.1, 0.15) is 5.69 Å². The van der Waals surface area contributed by atoms with Gasteiger partial charge in [-0.15, -0.1) is 0 Å². The highest BCUT2D eigenvalue weighted by atomic mass is 15.1. The lowest BCUT2D eigenvalue weighted by Gasteiger charge is -2.05. The van der Waals surface area contributed by atoms with Gasteiger partial charge >= 0.3 is 0 Å². The van der Waals surface area contributed by atoms with E-state index in [-0.39, 0.29) is 0 Å². The van der Waals surface area contributed by atoms with Crippen LogP contribution in [0.15, 0.2) is 30.3 Å². The average Bonchev–Trinajstić information content (AvgIpc) is 2.06. The molecule has 1 aromatic rings. The zero-order chi connectivity index (χ0) is 8.97. The van der Waals surface area contributed by atoms with Gasteiger partial charge in [-0.05, 0) is 36.8 Å². The van der Waals surface area contributed by atoms with Crippen molar-refractivity contribution in [1.82, 2.24) is 0 Å². The Morgan fingerprint density at radius 2 is 1.67 bits per heavy atom. The van der Waals surface area contributed by atoms with Crippen molar-refractivity contribution in [2.45, 2.75) is 6.92 Å². The Balaban J connectivity index is 2.85. The molecule has 0 aromatic heterocycles. The van der Waals surface area contributed by atoms with Crippen molar-refractivity contribution < 1.29 is 4.90 Å². The van der Waals surface area contributed by atoms with Crippen LogP contribution < -0.4 is 4.90 Å². The van der Waals surface area contributed by atoms with E-state index in [1.54, 1.807) is 0 Å². The fourth-order valence-electron chi connectivity index (χ4n) is 1.12. The van der Waals surface area contributed by atoms with Crippen molar-refractivity contribution in [1.29, 1.82) is 0 Å². The van der Waals surface area contributed by atoms with Gasteiger partial charge in [-0.2, -0.15) is 0 Å². The van der Waals surface area contributed by atoms with Gasteiger partial charge in [-0.3, -0.25) is 0 Å². The molecule has 1 heteroatoms. The Bertz CT molecular complexity index is 257. The van der Waals surface area contributed by atoms with Gasteiger partial charge in [0.05, 0.1) is 14.1 Å². The molecular weight excluding hydrogens is 146 g/mol. The zero-order valence-electron chi connectivity index (χ0n) is 7.96. The maximum atomic E-state index is 2.16. The standard InChI is InChI=1S/C11H15N/c1-4-5-10-6-8-11(9-7-10)12(2)3/h4-9H,1-3H3/p+1/b5-4+. The number of benzene rings is 1. The van der Waals surface area contributed by atoms with E-state index < -0.39 is 0 Å². The lowest BCUT2D eigenvalue weighted by atomic mass is 10.2. The summed E-state index contributed by atoms with van der Waals surface area (Å²) in [7, 11) is 4.26. The molecule has 1 nitrogen and oxygen atoms in total. The predicted molar refractivity (Wildman–Crippen MR) is 53.6 cm³/mol. The molecule has 0 spiro atoms. The third kappa shape index (κ3) is 2.21. The van der Waals surface area contributed by atoms with Gasteiger partial charge in [-0.25, -0.2) is 0 Å². The van der Waals surface area contributed by atoms with Gasteiger partial charge in [-0.1, -0.05) is 12.2 Å². The summed E-state index contributed by atoms with van der Waals surface area (Å²) in [4.78, 5) is 1.36. The Labute approximate surface area is 74.3 Å². The van der Waals surface area contributed by atoms with Gasteiger partial charge in [0.25, 0.3) is 0 Å². The van der Waals surface area contributed by atoms with Crippen LogP contribution in [0.2, 0.25) is 0 Å². The first-order chi connectivity index (χ1) is 5.74. The first kappa shape index (κ1) is 9.01. The number of nitrogens with one attached hydrogen (secondary N) is 1. The number of hydrogen-bond acceptors (Lipinski definition) is 0. The highest BCUT2D eigenvalue weighted by Gasteiger charge is 1.97. The van der Waals surface area contributed by atoms with Crippen LogP contribution in [0.4, 0.5) is 5.69 Å². The second-order valence-electron chi connectivity index (χ2n) is 3.12. The zero-order valence-corrected chi connectivity index (χ0v) is 7.96. The Morgan fingerprint density at radius 3 is 2.08 bits per heavy atom. The fourth-order valence-corrected chi connectivity index (χ4v) is 1.12. The van der Waals surface area contributed by atoms with Crippen LogP contribution >= 0.6 is 0 Å². The Morgan fingerprint density at radius 1 is 1.08 bits per heavy atom. The van der Waals surface area contributed by atoms with Crippen LogP contribution in [0.25, 0.3) is 6.08 Å². The molecule has 64 valence electrons. The molecule has 0 fully saturated rings. The van der Waals surface area contributed by atoms with Crippen molar-refractivity contribution in [3.63, 3.8) is 0 Å². The molecule has 12 heavy (non-hydrogen) atoms. The van der Waals surface area contributed by atoms with E-state index in [1.165, 1.54) is 16.2 Å². The Hall–Kier alpha value is -1.08. The molecule has 0 aliphatic heterocycles. The minimum Gasteiger partial charge on any atom is -0.307 e. The molecule has 0 unspecified atom stereocenters. The van der Waals surface area contributed by atoms with Crippen LogP contribution in [-0.4, -0.2) is 14.1 Å². The molecule has 0 amide bonds. The highest BCUT2D eigenvalue weighted by molar-refractivity contribution is 5.51. The second-order valence-corrected chi connectivity index (χ2v) is 3.12. The molecule has 0 atom stereocenters. The number of hydrogen-bond donors (Lipinski definition) is 1. The predicted octanol–water partition coefficient (Wildman–Crippen LogP) is 1.50. The van der Waals surface area contributed by atoms with E-state index >= 15 is 0 Å². The smallest absolute Gasteiger partial charge is 0.130 e. The summed E-state index contributed by atoms with van der Waals surface area (Å²) in [5.74, 6) is 0. The normalized spacial score (nSPS) is 11.3. The molecule has 0 radical (unpaired) electrons. The quantitative estimate of drug-likeness (QED) is 0.672. The van der Waals surface area contributed by atoms with Crippen LogP contribution in [0.1, 0.15) is 12.5 Å². The monoisotopic (exact) mass is 162 g/mol. The summed E-state index contributed by atoms with van der Waals surface area (Å²) in [6.07, 6.45) is 4.16. The maximum absolute atomic E-state index is 2.16. The first-order valence-electron chi connectivity index (χ1n) is 4.27. The first-order valence-corrected chi connectivity index (χ1v) is 4.27. The third-order valence-corrected chi connectivity index (χ3v) is 1.85. The topological polar surface area (TPSA) is 4.44 Å². The number of quaternary nitrogens is 1. The van der Waals surface area contributed by atoms with Gasteiger partial charge < -0.3 is 4.90 Å². The van der Waals surface area contributed by atoms with Crippen molar-refractivity contribution >= 4 is 11.8 Å². The summed E-state index contributed by atoms with van der Waals surface area (Å²) in [6.45, 7) is 2.03. The summed E-state index contributed by atoms with van der Waals surface area (Å²) in [5, 5.41) is 0. The van der Waals surface area contributed by atoms with Crippen molar-refractivity contribution in [3.8, 4) is 0 Å². The maximum Gasteiger partial charge on any atom is 0.130 e. The van der Waals surface area contributed by atoms with E-state index in [4.69, 9.17) is 0 Å². The highest BCUT2D eigenvalue weighted by Crippen LogP contribution is 2.06. The van der Waals surface area contributed by atoms with E-state index in [0.29, 0.717) is 0 Å². The molecule has 0 aliphatic carbocycles. The molecule has 0 aliphatic rings. The average molecular weight is 162 g/mol. The van der Waals surface area contributed by atoms with Gasteiger partial charge in [0.15, 0.2) is 0 Å². The summed E-state index contributed by atoms with van der Waals surface area (Å²) >= 11 is 0. The SMILES string of the molecule is C/C=C/c1ccc([NH+](C)C)cc1. The van der Waals surface area contributed by atoms with Crippen molar-refractivity contribution in [2.24, 2.45) is 0 Å². The second kappa shape index (κ2) is 4.07. The van der Waals surface area contributed by atoms with E-state index in [0.717, 1.165) is 0 Å². The molecule has 0 bridgehead atoms. The van der Waals surface area contributed by atoms with Crippen molar-refractivity contribution in [2.75, 3.05) is 14.1 Å². The fraction of sp³-hybridized carbons (Fsp3) is 0.273. The summed E-state index contributed by atoms with van der Waals surface area (Å²) in [6, 6.07) is 8.60. The third-order valence-electron chi connectivity index (χ3n) is 1.85. The molecular formula is C11H16N+. The molecule has 1 rings (SSSR count). The lowest BCUT2D eigenvalue weighted by Crippen LogP contribution is -3.00. The van der Waals surface area contributed by atoms with Crippen LogP contribution in [0.3, 0.4) is 0 Å². The minimum atomic E-state index is 1.27. The number of rotatable bonds is 2. The van der Waals surface area contributed by atoms with E-state index in [9.17, 15) is 0 Å². The summed E-state index contributed by atoms with van der Waals surface area (Å²) < 4.78 is 0. The lowest BCUT2D eigenvalue weighted by molar-refractivity contribution is -0.786. The number of allylic oxidation sites excluding steroid dienone is 1. The Kier molecular flexibility index (Phi) is 3.06. The van der Waals surface area contributed by atoms with E-state index in [2.05, 4.69) is 50.5 Å². The largest absolute Gasteiger partial charge is 0.307 e. The van der Waals surface area contributed by atoms with Crippen molar-refractivity contribution in [3.05, 3.63) is 35.9 Å². The van der Waals surface area contributed by atoms with Crippen LogP contribution in [-0.2, 0) is 0 Å². The molecule has 0 saturated carbocycles. The summed E-state index contributed by atoms with van der Waals surface area (Å²) in [5.41, 5.74) is 2.59. The minimum absolute atomic E-state index is 1.27. The van der Waals surface area contributed by atoms with Crippen LogP contribution in [0.5, 0.6) is 0 Å². The molecule has 1 aromatic carbocycles. The van der Waals surface area contributed by atoms with Gasteiger partial charge in [0, 0.05) is 0 Å². The molecule has 0 saturated heterocycles. The molecule has 1 N–H and O–H groups in total. The van der Waals surface area contributed by atoms with Crippen LogP contribution in [0, 0.1) is 0 Å².